The van der Waals surface area contributed by atoms with E-state index in [1.54, 1.807) is 6.07 Å². The molecule has 0 aliphatic heterocycles. The maximum absolute atomic E-state index is 13.8. The van der Waals surface area contributed by atoms with Gasteiger partial charge >= 0.3 is 0 Å². The first-order valence-corrected chi connectivity index (χ1v) is 15.3. The number of nitrogens with zero attached hydrogens (tertiary/aromatic N) is 2. The Morgan fingerprint density at radius 2 is 1.79 bits per heavy atom. The Kier molecular flexibility index (Phi) is 9.51. The van der Waals surface area contributed by atoms with Crippen molar-refractivity contribution in [3.63, 3.8) is 0 Å². The molecule has 9 heteroatoms. The van der Waals surface area contributed by atoms with Crippen LogP contribution in [0.5, 0.6) is 11.5 Å². The van der Waals surface area contributed by atoms with Crippen LogP contribution in [0.3, 0.4) is 0 Å². The van der Waals surface area contributed by atoms with E-state index in [1.165, 1.54) is 30.7 Å². The van der Waals surface area contributed by atoms with Crippen molar-refractivity contribution in [2.24, 2.45) is 4.99 Å². The van der Waals surface area contributed by atoms with Crippen molar-refractivity contribution in [1.82, 2.24) is 0 Å². The Balaban J connectivity index is 1.51. The second kappa shape index (κ2) is 13.6. The Bertz CT molecular complexity index is 1660. The lowest BCUT2D eigenvalue weighted by atomic mass is 9.96. The Morgan fingerprint density at radius 3 is 2.53 bits per heavy atom. The molecular formula is C34H35N3O5S. The van der Waals surface area contributed by atoms with Crippen LogP contribution in [0.15, 0.2) is 65.7 Å². The van der Waals surface area contributed by atoms with Crippen molar-refractivity contribution in [2.75, 3.05) is 12.4 Å². The first kappa shape index (κ1) is 30.0. The molecule has 8 nitrogen and oxygen atoms in total. The maximum Gasteiger partial charge on any atom is 0.282 e. The molecule has 3 aromatic carbocycles. The number of fused-ring (bicyclic) bond motifs is 1. The number of carbonyl (C=O) groups is 1. The first-order chi connectivity index (χ1) is 20.8. The van der Waals surface area contributed by atoms with Gasteiger partial charge in [-0.3, -0.25) is 14.9 Å². The molecule has 222 valence electrons. The molecule has 0 saturated carbocycles. The molecule has 43 heavy (non-hydrogen) atoms. The first-order valence-electron chi connectivity index (χ1n) is 14.4. The predicted molar refractivity (Wildman–Crippen MR) is 172 cm³/mol. The van der Waals surface area contributed by atoms with E-state index in [0.29, 0.717) is 16.3 Å². The number of carbonyl (C=O) groups excluding carboxylic acids is 1. The Labute approximate surface area is 255 Å². The summed E-state index contributed by atoms with van der Waals surface area (Å²) in [5.74, 6) is 0.410. The van der Waals surface area contributed by atoms with E-state index in [9.17, 15) is 14.9 Å². The number of aryl methyl sites for hydroxylation is 3. The van der Waals surface area contributed by atoms with Crippen molar-refractivity contribution in [1.29, 1.82) is 0 Å². The maximum atomic E-state index is 13.8. The van der Waals surface area contributed by atoms with E-state index in [2.05, 4.69) is 5.32 Å². The topological polar surface area (TPSA) is 103 Å². The number of rotatable bonds is 9. The molecule has 0 bridgehead atoms. The molecule has 0 unspecified atom stereocenters. The third-order valence-electron chi connectivity index (χ3n) is 7.59. The lowest BCUT2D eigenvalue weighted by Crippen LogP contribution is -2.15. The Morgan fingerprint density at radius 1 is 1.02 bits per heavy atom. The number of benzene rings is 3. The van der Waals surface area contributed by atoms with Crippen LogP contribution in [0.2, 0.25) is 0 Å². The number of nitro groups is 1. The summed E-state index contributed by atoms with van der Waals surface area (Å²) in [4.78, 5) is 31.4. The second-order valence-electron chi connectivity index (χ2n) is 10.7. The van der Waals surface area contributed by atoms with Crippen molar-refractivity contribution in [3.05, 3.63) is 109 Å². The molecule has 0 radical (unpaired) electrons. The highest BCUT2D eigenvalue weighted by Gasteiger charge is 2.25. The van der Waals surface area contributed by atoms with Crippen LogP contribution < -0.4 is 14.8 Å². The number of hydrogen-bond donors (Lipinski definition) is 1. The molecule has 1 heterocycles. The van der Waals surface area contributed by atoms with Crippen LogP contribution in [0.25, 0.3) is 0 Å². The number of ether oxygens (including phenoxy) is 2. The number of anilines is 1. The summed E-state index contributed by atoms with van der Waals surface area (Å²) in [6.45, 7) is 4.19. The molecule has 4 aromatic rings. The third kappa shape index (κ3) is 7.11. The average molecular weight is 598 g/mol. The molecule has 1 aromatic heterocycles. The Hall–Kier alpha value is -4.50. The zero-order valence-corrected chi connectivity index (χ0v) is 25.5. The lowest BCUT2D eigenvalue weighted by Gasteiger charge is -2.13. The summed E-state index contributed by atoms with van der Waals surface area (Å²) in [6, 6.07) is 18.4. The van der Waals surface area contributed by atoms with Crippen LogP contribution in [0.1, 0.15) is 68.7 Å². The van der Waals surface area contributed by atoms with Gasteiger partial charge in [-0.2, -0.15) is 0 Å². The van der Waals surface area contributed by atoms with Gasteiger partial charge in [-0.05, 0) is 73.9 Å². The molecule has 0 atom stereocenters. The molecule has 1 amide bonds. The SMILES string of the molecule is COc1cc(C=Nc2sc3c(c2C(=O)Nc2cc(C)ccc2C)CCCCCC3)c([N+](=O)[O-])cc1OCc1ccccc1. The smallest absolute Gasteiger partial charge is 0.282 e. The van der Waals surface area contributed by atoms with E-state index in [-0.39, 0.29) is 29.5 Å². The van der Waals surface area contributed by atoms with E-state index >= 15 is 0 Å². The van der Waals surface area contributed by atoms with Gasteiger partial charge < -0.3 is 14.8 Å². The van der Waals surface area contributed by atoms with Gasteiger partial charge in [-0.1, -0.05) is 55.3 Å². The minimum atomic E-state index is -0.460. The molecule has 0 saturated heterocycles. The molecule has 0 fully saturated rings. The monoisotopic (exact) mass is 597 g/mol. The van der Waals surface area contributed by atoms with Crippen LogP contribution in [0, 0.1) is 24.0 Å². The number of amides is 1. The summed E-state index contributed by atoms with van der Waals surface area (Å²) in [7, 11) is 1.49. The number of hydrogen-bond acceptors (Lipinski definition) is 7. The number of aliphatic imine (C=N–C) groups is 1. The average Bonchev–Trinajstić information content (AvgIpc) is 3.33. The minimum absolute atomic E-state index is 0.163. The number of thiophene rings is 1. The zero-order valence-electron chi connectivity index (χ0n) is 24.6. The van der Waals surface area contributed by atoms with Gasteiger partial charge in [-0.25, -0.2) is 4.99 Å². The molecule has 0 spiro atoms. The fourth-order valence-corrected chi connectivity index (χ4v) is 6.48. The largest absolute Gasteiger partial charge is 0.493 e. The highest BCUT2D eigenvalue weighted by molar-refractivity contribution is 7.16. The van der Waals surface area contributed by atoms with Crippen molar-refractivity contribution >= 4 is 39.8 Å². The molecule has 1 N–H and O–H groups in total. The predicted octanol–water partition coefficient (Wildman–Crippen LogP) is 8.52. The lowest BCUT2D eigenvalue weighted by molar-refractivity contribution is -0.385. The van der Waals surface area contributed by atoms with Crippen molar-refractivity contribution in [3.8, 4) is 11.5 Å². The molecular weight excluding hydrogens is 562 g/mol. The van der Waals surface area contributed by atoms with Gasteiger partial charge in [0.2, 0.25) is 0 Å². The van der Waals surface area contributed by atoms with E-state index < -0.39 is 4.92 Å². The van der Waals surface area contributed by atoms with Crippen LogP contribution in [0.4, 0.5) is 16.4 Å². The molecule has 1 aliphatic carbocycles. The molecule has 1 aliphatic rings. The van der Waals surface area contributed by atoms with Gasteiger partial charge in [-0.15, -0.1) is 11.3 Å². The second-order valence-corrected chi connectivity index (χ2v) is 11.8. The zero-order chi connectivity index (χ0) is 30.3. The highest BCUT2D eigenvalue weighted by atomic mass is 32.1. The summed E-state index contributed by atoms with van der Waals surface area (Å²) in [5.41, 5.74) is 5.40. The van der Waals surface area contributed by atoms with Gasteiger partial charge in [0.25, 0.3) is 11.6 Å². The number of nitrogens with one attached hydrogen (secondary N) is 1. The normalized spacial score (nSPS) is 13.2. The molecule has 5 rings (SSSR count). The summed E-state index contributed by atoms with van der Waals surface area (Å²) >= 11 is 1.50. The summed E-state index contributed by atoms with van der Waals surface area (Å²) < 4.78 is 11.4. The van der Waals surface area contributed by atoms with Gasteiger partial charge in [0.1, 0.15) is 11.6 Å². The van der Waals surface area contributed by atoms with Crippen LogP contribution >= 0.6 is 11.3 Å². The van der Waals surface area contributed by atoms with E-state index in [0.717, 1.165) is 71.3 Å². The number of nitro benzene ring substituents is 1. The van der Waals surface area contributed by atoms with E-state index in [1.807, 2.05) is 62.4 Å². The van der Waals surface area contributed by atoms with Crippen LogP contribution in [-0.4, -0.2) is 24.2 Å². The standard InChI is InChI=1S/C34H35N3O5S/c1-22-15-16-23(2)27(17-22)36-33(38)32-26-13-9-4-5-10-14-31(26)43-34(32)35-20-25-18-29(41-3)30(19-28(25)37(39)40)42-21-24-11-7-6-8-12-24/h6-8,11-12,15-20H,4-5,9-10,13-14,21H2,1-3H3,(H,36,38). The van der Waals surface area contributed by atoms with Crippen molar-refractivity contribution < 1.29 is 19.2 Å². The van der Waals surface area contributed by atoms with Gasteiger partial charge in [0.15, 0.2) is 11.5 Å². The fourth-order valence-electron chi connectivity index (χ4n) is 5.25. The summed E-state index contributed by atoms with van der Waals surface area (Å²) in [6.07, 6.45) is 7.49. The quantitative estimate of drug-likeness (QED) is 0.118. The van der Waals surface area contributed by atoms with E-state index in [4.69, 9.17) is 14.5 Å². The minimum Gasteiger partial charge on any atom is -0.493 e. The summed E-state index contributed by atoms with van der Waals surface area (Å²) in [5, 5.41) is 15.8. The highest BCUT2D eigenvalue weighted by Crippen LogP contribution is 2.40. The van der Waals surface area contributed by atoms with Crippen molar-refractivity contribution in [2.45, 2.75) is 59.0 Å². The van der Waals surface area contributed by atoms with Crippen LogP contribution in [-0.2, 0) is 19.4 Å². The number of methoxy groups -OCH3 is 1. The third-order valence-corrected chi connectivity index (χ3v) is 8.79. The van der Waals surface area contributed by atoms with Gasteiger partial charge in [0, 0.05) is 16.8 Å². The fraction of sp³-hybridized carbons (Fsp3) is 0.294. The van der Waals surface area contributed by atoms with Gasteiger partial charge in [0.05, 0.1) is 29.2 Å².